The van der Waals surface area contributed by atoms with Crippen LogP contribution in [0.2, 0.25) is 10.0 Å². The quantitative estimate of drug-likeness (QED) is 0.759. The van der Waals surface area contributed by atoms with Gasteiger partial charge in [0, 0.05) is 35.8 Å². The Bertz CT molecular complexity index is 811. The van der Waals surface area contributed by atoms with E-state index in [2.05, 4.69) is 24.3 Å². The van der Waals surface area contributed by atoms with Crippen molar-refractivity contribution in [2.75, 3.05) is 13.1 Å². The van der Waals surface area contributed by atoms with E-state index in [0.717, 1.165) is 37.1 Å². The molecule has 0 bridgehead atoms. The van der Waals surface area contributed by atoms with Crippen LogP contribution in [0.4, 0.5) is 0 Å². The monoisotopic (exact) mass is 388 g/mol. The highest BCUT2D eigenvalue weighted by atomic mass is 35.5. The van der Waals surface area contributed by atoms with E-state index in [0.29, 0.717) is 22.5 Å². The number of carbonyl (C=O) groups excluding carboxylic acids is 1. The molecule has 1 fully saturated rings. The van der Waals surface area contributed by atoms with Crippen LogP contribution in [0.5, 0.6) is 0 Å². The van der Waals surface area contributed by atoms with Crippen LogP contribution in [-0.2, 0) is 11.3 Å². The topological polar surface area (TPSA) is 46.3 Å². The molecule has 2 N–H and O–H groups in total. The molecule has 1 aliphatic heterocycles. The highest BCUT2D eigenvalue weighted by Gasteiger charge is 2.22. The van der Waals surface area contributed by atoms with E-state index in [-0.39, 0.29) is 5.91 Å². The molecule has 5 heteroatoms. The molecule has 3 nitrogen and oxygen atoms in total. The van der Waals surface area contributed by atoms with E-state index < -0.39 is 0 Å². The lowest BCUT2D eigenvalue weighted by atomic mass is 9.88. The second kappa shape index (κ2) is 8.72. The third kappa shape index (κ3) is 4.67. The molecule has 1 amide bonds. The number of benzene rings is 2. The summed E-state index contributed by atoms with van der Waals surface area (Å²) in [5.74, 6) is 0.505. The summed E-state index contributed by atoms with van der Waals surface area (Å²) in [6, 6.07) is 13.7. The number of amides is 1. The molecular weight excluding hydrogens is 367 g/mol. The minimum Gasteiger partial charge on any atom is -0.339 e. The fraction of sp³-hybridized carbons (Fsp3) is 0.286. The summed E-state index contributed by atoms with van der Waals surface area (Å²) in [6.07, 6.45) is 5.27. The van der Waals surface area contributed by atoms with Gasteiger partial charge in [0.15, 0.2) is 0 Å². The molecule has 1 heterocycles. The molecule has 136 valence electrons. The summed E-state index contributed by atoms with van der Waals surface area (Å²) in [6.45, 7) is 2.08. The number of nitrogens with zero attached hydrogens (tertiary/aromatic N) is 1. The Balaban J connectivity index is 1.58. The summed E-state index contributed by atoms with van der Waals surface area (Å²) in [5, 5.41) is 1.12. The Kier molecular flexibility index (Phi) is 6.36. The first-order valence-electron chi connectivity index (χ1n) is 8.78. The van der Waals surface area contributed by atoms with Crippen molar-refractivity contribution in [1.29, 1.82) is 0 Å². The molecule has 0 spiro atoms. The lowest BCUT2D eigenvalue weighted by Crippen LogP contribution is -2.36. The summed E-state index contributed by atoms with van der Waals surface area (Å²) in [5.41, 5.74) is 9.00. The van der Waals surface area contributed by atoms with Gasteiger partial charge in [-0.2, -0.15) is 0 Å². The number of rotatable bonds is 4. The van der Waals surface area contributed by atoms with Crippen molar-refractivity contribution in [1.82, 2.24) is 4.90 Å². The molecule has 1 saturated heterocycles. The molecule has 3 rings (SSSR count). The number of halogens is 2. The Morgan fingerprint density at radius 1 is 1.15 bits per heavy atom. The van der Waals surface area contributed by atoms with E-state index in [1.807, 2.05) is 11.0 Å². The molecule has 0 aromatic heterocycles. The van der Waals surface area contributed by atoms with E-state index in [1.54, 1.807) is 24.3 Å². The van der Waals surface area contributed by atoms with Crippen LogP contribution in [-0.4, -0.2) is 23.9 Å². The summed E-state index contributed by atoms with van der Waals surface area (Å²) in [4.78, 5) is 14.3. The van der Waals surface area contributed by atoms with Crippen LogP contribution >= 0.6 is 23.2 Å². The number of nitrogens with two attached hydrogens (primary N) is 1. The molecule has 1 aliphatic rings. The lowest BCUT2D eigenvalue weighted by Gasteiger charge is -2.31. The van der Waals surface area contributed by atoms with Crippen LogP contribution < -0.4 is 5.73 Å². The van der Waals surface area contributed by atoms with Crippen molar-refractivity contribution < 1.29 is 4.79 Å². The minimum absolute atomic E-state index is 0.0187. The molecule has 0 saturated carbocycles. The molecule has 0 atom stereocenters. The van der Waals surface area contributed by atoms with Crippen LogP contribution in [0.3, 0.4) is 0 Å². The fourth-order valence-electron chi connectivity index (χ4n) is 3.31. The van der Waals surface area contributed by atoms with Crippen molar-refractivity contribution >= 4 is 35.2 Å². The van der Waals surface area contributed by atoms with Gasteiger partial charge in [0.2, 0.25) is 5.91 Å². The number of piperidine rings is 1. The van der Waals surface area contributed by atoms with E-state index in [1.165, 1.54) is 5.56 Å². The normalized spacial score (nSPS) is 15.6. The van der Waals surface area contributed by atoms with Crippen molar-refractivity contribution in [2.24, 2.45) is 5.73 Å². The van der Waals surface area contributed by atoms with Gasteiger partial charge in [-0.15, -0.1) is 0 Å². The molecule has 0 radical (unpaired) electrons. The number of hydrogen-bond donors (Lipinski definition) is 1. The Morgan fingerprint density at radius 3 is 2.62 bits per heavy atom. The standard InChI is InChI=1S/C21H22Cl2N2O/c22-19-6-4-17(20(23)13-19)5-7-21(26)25-10-8-16(9-11-25)18-3-1-2-15(12-18)14-24/h1-7,12-13,16H,8-11,14,24H2. The van der Waals surface area contributed by atoms with Crippen LogP contribution in [0, 0.1) is 0 Å². The highest BCUT2D eigenvalue weighted by Crippen LogP contribution is 2.29. The predicted octanol–water partition coefficient (Wildman–Crippen LogP) is 4.87. The molecule has 0 unspecified atom stereocenters. The average molecular weight is 389 g/mol. The summed E-state index contributed by atoms with van der Waals surface area (Å²) < 4.78 is 0. The van der Waals surface area contributed by atoms with E-state index in [4.69, 9.17) is 28.9 Å². The average Bonchev–Trinajstić information content (AvgIpc) is 2.67. The smallest absolute Gasteiger partial charge is 0.246 e. The lowest BCUT2D eigenvalue weighted by molar-refractivity contribution is -0.126. The predicted molar refractivity (Wildman–Crippen MR) is 108 cm³/mol. The van der Waals surface area contributed by atoms with Crippen LogP contribution in [0.15, 0.2) is 48.5 Å². The number of hydrogen-bond acceptors (Lipinski definition) is 2. The number of likely N-dealkylation sites (tertiary alicyclic amines) is 1. The van der Waals surface area contributed by atoms with Crippen molar-refractivity contribution in [3.63, 3.8) is 0 Å². The SMILES string of the molecule is NCc1cccc(C2CCN(C(=O)C=Cc3ccc(Cl)cc3Cl)CC2)c1. The zero-order valence-electron chi connectivity index (χ0n) is 14.5. The fourth-order valence-corrected chi connectivity index (χ4v) is 3.78. The zero-order chi connectivity index (χ0) is 18.5. The second-order valence-electron chi connectivity index (χ2n) is 6.55. The van der Waals surface area contributed by atoms with Gasteiger partial charge in [-0.25, -0.2) is 0 Å². The maximum Gasteiger partial charge on any atom is 0.246 e. The van der Waals surface area contributed by atoms with E-state index in [9.17, 15) is 4.79 Å². The van der Waals surface area contributed by atoms with Crippen molar-refractivity contribution in [3.05, 3.63) is 75.3 Å². The molecule has 2 aromatic rings. The molecule has 0 aliphatic carbocycles. The van der Waals surface area contributed by atoms with E-state index >= 15 is 0 Å². The van der Waals surface area contributed by atoms with Crippen molar-refractivity contribution in [2.45, 2.75) is 25.3 Å². The Labute approximate surface area is 164 Å². The maximum atomic E-state index is 12.4. The van der Waals surface area contributed by atoms with Gasteiger partial charge in [-0.3, -0.25) is 4.79 Å². The van der Waals surface area contributed by atoms with Gasteiger partial charge in [0.1, 0.15) is 0 Å². The van der Waals surface area contributed by atoms with Crippen molar-refractivity contribution in [3.8, 4) is 0 Å². The first-order chi connectivity index (χ1) is 12.6. The van der Waals surface area contributed by atoms with Gasteiger partial charge in [-0.1, -0.05) is 53.5 Å². The first-order valence-corrected chi connectivity index (χ1v) is 9.53. The Hall–Kier alpha value is -1.81. The van der Waals surface area contributed by atoms with Gasteiger partial charge >= 0.3 is 0 Å². The summed E-state index contributed by atoms with van der Waals surface area (Å²) in [7, 11) is 0. The third-order valence-electron chi connectivity index (χ3n) is 4.83. The Morgan fingerprint density at radius 2 is 1.92 bits per heavy atom. The van der Waals surface area contributed by atoms with Crippen LogP contribution in [0.1, 0.15) is 35.4 Å². The molecule has 26 heavy (non-hydrogen) atoms. The molecule has 2 aromatic carbocycles. The largest absolute Gasteiger partial charge is 0.339 e. The van der Waals surface area contributed by atoms with Gasteiger partial charge in [0.25, 0.3) is 0 Å². The minimum atomic E-state index is 0.0187. The second-order valence-corrected chi connectivity index (χ2v) is 7.39. The molecular formula is C21H22Cl2N2O. The first kappa shape index (κ1) is 19.0. The highest BCUT2D eigenvalue weighted by molar-refractivity contribution is 6.35. The van der Waals surface area contributed by atoms with Crippen LogP contribution in [0.25, 0.3) is 6.08 Å². The number of carbonyl (C=O) groups is 1. The zero-order valence-corrected chi connectivity index (χ0v) is 16.0. The van der Waals surface area contributed by atoms with Gasteiger partial charge in [0.05, 0.1) is 0 Å². The third-order valence-corrected chi connectivity index (χ3v) is 5.40. The summed E-state index contributed by atoms with van der Waals surface area (Å²) >= 11 is 12.0. The maximum absolute atomic E-state index is 12.4. The van der Waals surface area contributed by atoms with Gasteiger partial charge in [-0.05, 0) is 53.7 Å². The van der Waals surface area contributed by atoms with Gasteiger partial charge < -0.3 is 10.6 Å².